The molecule has 1 rings (SSSR count). The maximum atomic E-state index is 11.8. The van der Waals surface area contributed by atoms with Crippen LogP contribution in [0, 0.1) is 11.8 Å². The van der Waals surface area contributed by atoms with Crippen molar-refractivity contribution in [2.75, 3.05) is 19.7 Å². The third-order valence-corrected chi connectivity index (χ3v) is 3.35. The first-order chi connectivity index (χ1) is 7.56. The van der Waals surface area contributed by atoms with Crippen molar-refractivity contribution in [2.45, 2.75) is 32.8 Å². The molecule has 2 unspecified atom stereocenters. The number of piperidine rings is 1. The lowest BCUT2D eigenvalue weighted by molar-refractivity contribution is -0.155. The summed E-state index contributed by atoms with van der Waals surface area (Å²) in [6.07, 6.45) is 1.31. The number of ether oxygens (including phenoxy) is 1. The monoisotopic (exact) mass is 227 g/mol. The van der Waals surface area contributed by atoms with E-state index in [0.29, 0.717) is 6.61 Å². The Morgan fingerprint density at radius 1 is 1.56 bits per heavy atom. The summed E-state index contributed by atoms with van der Waals surface area (Å²) in [7, 11) is 2.08. The van der Waals surface area contributed by atoms with Gasteiger partial charge in [0.05, 0.1) is 18.6 Å². The molecule has 0 amide bonds. The van der Waals surface area contributed by atoms with Gasteiger partial charge in [0.2, 0.25) is 0 Å². The molecule has 1 saturated heterocycles. The zero-order valence-electron chi connectivity index (χ0n) is 10.5. The number of nitrogens with zero attached hydrogens (tertiary/aromatic N) is 1. The topological polar surface area (TPSA) is 49.8 Å². The number of aliphatic hydroxyl groups excluding tert-OH is 1. The van der Waals surface area contributed by atoms with Crippen LogP contribution in [-0.4, -0.2) is 49.7 Å². The van der Waals surface area contributed by atoms with Crippen molar-refractivity contribution >= 4 is 14.0 Å². The van der Waals surface area contributed by atoms with E-state index in [4.69, 9.17) is 4.74 Å². The van der Waals surface area contributed by atoms with Gasteiger partial charge in [0, 0.05) is 0 Å². The second-order valence-electron chi connectivity index (χ2n) is 4.66. The summed E-state index contributed by atoms with van der Waals surface area (Å²) in [6.45, 7) is 5.85. The molecule has 0 aromatic rings. The minimum absolute atomic E-state index is 0.243. The van der Waals surface area contributed by atoms with Gasteiger partial charge >= 0.3 is 5.97 Å². The Morgan fingerprint density at radius 3 is 2.56 bits per heavy atom. The molecule has 0 bridgehead atoms. The highest BCUT2D eigenvalue weighted by molar-refractivity contribution is 6.04. The summed E-state index contributed by atoms with van der Waals surface area (Å²) in [5.74, 6) is -0.337. The van der Waals surface area contributed by atoms with Gasteiger partial charge in [-0.05, 0) is 45.7 Å². The van der Waals surface area contributed by atoms with Gasteiger partial charge in [-0.1, -0.05) is 0 Å². The number of esters is 1. The normalized spacial score (nSPS) is 22.7. The minimum atomic E-state index is -0.618. The van der Waals surface area contributed by atoms with Crippen LogP contribution in [0.15, 0.2) is 0 Å². The Bertz CT molecular complexity index is 227. The zero-order chi connectivity index (χ0) is 12.1. The van der Waals surface area contributed by atoms with Crippen molar-refractivity contribution < 1.29 is 14.6 Å². The maximum Gasteiger partial charge on any atom is 0.311 e. The molecule has 2 atom stereocenters. The van der Waals surface area contributed by atoms with Crippen LogP contribution in [0.3, 0.4) is 0 Å². The molecule has 1 fully saturated rings. The molecule has 0 aromatic carbocycles. The number of carbonyl (C=O) groups is 1. The van der Waals surface area contributed by atoms with Gasteiger partial charge in [-0.2, -0.15) is 0 Å². The van der Waals surface area contributed by atoms with Crippen LogP contribution in [0.25, 0.3) is 0 Å². The van der Waals surface area contributed by atoms with Crippen molar-refractivity contribution in [2.24, 2.45) is 11.8 Å². The van der Waals surface area contributed by atoms with Gasteiger partial charge < -0.3 is 14.7 Å². The molecule has 92 valence electrons. The summed E-state index contributed by atoms with van der Waals surface area (Å²) in [6, 6.07) is 0. The Morgan fingerprint density at radius 2 is 2.12 bits per heavy atom. The molecule has 5 heteroatoms. The van der Waals surface area contributed by atoms with Crippen LogP contribution in [0.5, 0.6) is 0 Å². The molecule has 0 aromatic heterocycles. The van der Waals surface area contributed by atoms with Gasteiger partial charge in [0.15, 0.2) is 7.98 Å². The minimum Gasteiger partial charge on any atom is -0.466 e. The highest BCUT2D eigenvalue weighted by Gasteiger charge is 2.34. The highest BCUT2D eigenvalue weighted by Crippen LogP contribution is 2.28. The van der Waals surface area contributed by atoms with E-state index in [1.165, 1.54) is 0 Å². The van der Waals surface area contributed by atoms with Crippen molar-refractivity contribution in [1.29, 1.82) is 0 Å². The third kappa shape index (κ3) is 3.49. The molecule has 16 heavy (non-hydrogen) atoms. The molecule has 1 heterocycles. The van der Waals surface area contributed by atoms with E-state index >= 15 is 0 Å². The van der Waals surface area contributed by atoms with Crippen LogP contribution >= 0.6 is 0 Å². The Labute approximate surface area is 98.4 Å². The smallest absolute Gasteiger partial charge is 0.311 e. The molecule has 0 aliphatic carbocycles. The standard InChI is InChI=1S/C11H22BNO3/c1-3-16-11(15)10(8(2)14)9-4-6-13(12)7-5-9/h8-10,14H,3-7,12H2,1-2H3. The summed E-state index contributed by atoms with van der Waals surface area (Å²) >= 11 is 0. The number of carbonyl (C=O) groups excluding carboxylic acids is 1. The lowest BCUT2D eigenvalue weighted by Gasteiger charge is -2.34. The Balaban J connectivity index is 2.59. The lowest BCUT2D eigenvalue weighted by Crippen LogP contribution is -2.41. The molecular formula is C11H22BNO3. The van der Waals surface area contributed by atoms with Crippen LogP contribution in [0.1, 0.15) is 26.7 Å². The molecular weight excluding hydrogens is 205 g/mol. The SMILES string of the molecule is BN1CCC(C(C(=O)OCC)C(C)O)CC1. The molecule has 1 N–H and O–H groups in total. The van der Waals surface area contributed by atoms with Crippen LogP contribution in [0.4, 0.5) is 0 Å². The quantitative estimate of drug-likeness (QED) is 0.534. The van der Waals surface area contributed by atoms with E-state index in [9.17, 15) is 9.90 Å². The van der Waals surface area contributed by atoms with E-state index in [2.05, 4.69) is 12.8 Å². The first-order valence-corrected chi connectivity index (χ1v) is 6.09. The fraction of sp³-hybridized carbons (Fsp3) is 0.909. The van der Waals surface area contributed by atoms with Crippen molar-refractivity contribution in [3.63, 3.8) is 0 Å². The van der Waals surface area contributed by atoms with E-state index in [1.54, 1.807) is 13.8 Å². The van der Waals surface area contributed by atoms with Crippen molar-refractivity contribution in [1.82, 2.24) is 4.81 Å². The highest BCUT2D eigenvalue weighted by atomic mass is 16.5. The van der Waals surface area contributed by atoms with Crippen LogP contribution < -0.4 is 0 Å². The number of aliphatic hydroxyl groups is 1. The summed E-state index contributed by atoms with van der Waals surface area (Å²) in [5, 5.41) is 9.71. The lowest BCUT2D eigenvalue weighted by atomic mass is 9.81. The van der Waals surface area contributed by atoms with Gasteiger partial charge in [0.25, 0.3) is 0 Å². The van der Waals surface area contributed by atoms with Crippen molar-refractivity contribution in [3.05, 3.63) is 0 Å². The molecule has 1 aliphatic rings. The van der Waals surface area contributed by atoms with E-state index < -0.39 is 6.10 Å². The predicted molar refractivity (Wildman–Crippen MR) is 64.6 cm³/mol. The second-order valence-corrected chi connectivity index (χ2v) is 4.66. The molecule has 1 aliphatic heterocycles. The maximum absolute atomic E-state index is 11.8. The second kappa shape index (κ2) is 6.25. The Kier molecular flexibility index (Phi) is 5.28. The first kappa shape index (κ1) is 13.5. The average molecular weight is 227 g/mol. The van der Waals surface area contributed by atoms with Gasteiger partial charge in [-0.15, -0.1) is 0 Å². The molecule has 4 nitrogen and oxygen atoms in total. The van der Waals surface area contributed by atoms with E-state index in [1.807, 2.05) is 0 Å². The fourth-order valence-corrected chi connectivity index (χ4v) is 2.41. The molecule has 0 radical (unpaired) electrons. The fourth-order valence-electron chi connectivity index (χ4n) is 2.41. The Hall–Kier alpha value is -0.545. The first-order valence-electron chi connectivity index (χ1n) is 6.09. The largest absolute Gasteiger partial charge is 0.466 e. The molecule has 0 spiro atoms. The van der Waals surface area contributed by atoms with Gasteiger partial charge in [0.1, 0.15) is 0 Å². The number of hydrogen-bond acceptors (Lipinski definition) is 4. The molecule has 0 saturated carbocycles. The van der Waals surface area contributed by atoms with Gasteiger partial charge in [-0.25, -0.2) is 0 Å². The van der Waals surface area contributed by atoms with Crippen LogP contribution in [0.2, 0.25) is 0 Å². The third-order valence-electron chi connectivity index (χ3n) is 3.35. The van der Waals surface area contributed by atoms with Crippen LogP contribution in [-0.2, 0) is 9.53 Å². The zero-order valence-corrected chi connectivity index (χ0v) is 10.5. The van der Waals surface area contributed by atoms with Gasteiger partial charge in [-0.3, -0.25) is 4.79 Å². The van der Waals surface area contributed by atoms with E-state index in [-0.39, 0.29) is 17.8 Å². The summed E-state index contributed by atoms with van der Waals surface area (Å²) in [5.41, 5.74) is 0. The number of rotatable bonds is 4. The average Bonchev–Trinajstić information content (AvgIpc) is 2.21. The summed E-state index contributed by atoms with van der Waals surface area (Å²) in [4.78, 5) is 14.0. The predicted octanol–water partition coefficient (Wildman–Crippen LogP) is -0.193. The number of hydrogen-bond donors (Lipinski definition) is 1. The summed E-state index contributed by atoms with van der Waals surface area (Å²) < 4.78 is 5.03. The van der Waals surface area contributed by atoms with Crippen molar-refractivity contribution in [3.8, 4) is 0 Å². The van der Waals surface area contributed by atoms with E-state index in [0.717, 1.165) is 25.9 Å².